The average molecular weight is 342 g/mol. The molecule has 0 spiro atoms. The number of rotatable bonds is 5. The molecule has 0 atom stereocenters. The van der Waals surface area contributed by atoms with E-state index in [1.807, 2.05) is 54.9 Å². The van der Waals surface area contributed by atoms with E-state index in [1.165, 1.54) is 0 Å². The van der Waals surface area contributed by atoms with Crippen LogP contribution in [-0.2, 0) is 4.74 Å². The van der Waals surface area contributed by atoms with Crippen LogP contribution in [0, 0.1) is 0 Å². The van der Waals surface area contributed by atoms with Crippen molar-refractivity contribution in [3.8, 4) is 10.6 Å². The van der Waals surface area contributed by atoms with Gasteiger partial charge in [0.2, 0.25) is 0 Å². The molecule has 0 N–H and O–H groups in total. The van der Waals surface area contributed by atoms with Gasteiger partial charge in [-0.1, -0.05) is 6.07 Å². The van der Waals surface area contributed by atoms with Gasteiger partial charge in [-0.05, 0) is 24.4 Å². The van der Waals surface area contributed by atoms with Gasteiger partial charge in [0.1, 0.15) is 11.3 Å². The molecule has 0 aliphatic carbocycles. The van der Waals surface area contributed by atoms with E-state index in [1.54, 1.807) is 29.0 Å². The highest BCUT2D eigenvalue weighted by molar-refractivity contribution is 7.13. The van der Waals surface area contributed by atoms with E-state index >= 15 is 0 Å². The van der Waals surface area contributed by atoms with Gasteiger partial charge in [-0.15, -0.1) is 11.3 Å². The molecule has 24 heavy (non-hydrogen) atoms. The van der Waals surface area contributed by atoms with Gasteiger partial charge in [0.25, 0.3) is 0 Å². The van der Waals surface area contributed by atoms with Gasteiger partial charge in [0, 0.05) is 32.6 Å². The number of nitrogens with zero attached hydrogens (tertiary/aromatic N) is 4. The standard InChI is InChI=1S/C17H18N4O2S/c1-4-23-17(22)12-11-18-16-10-13(15-6-5-9-24-15)19-21(16)14(12)7-8-20(2)3/h5-11H,4H2,1-3H3/b8-7+. The van der Waals surface area contributed by atoms with E-state index in [-0.39, 0.29) is 0 Å². The zero-order valence-electron chi connectivity index (χ0n) is 13.8. The van der Waals surface area contributed by atoms with E-state index in [2.05, 4.69) is 10.1 Å². The Bertz CT molecular complexity index is 882. The number of carbonyl (C=O) groups is 1. The van der Waals surface area contributed by atoms with Crippen molar-refractivity contribution in [2.75, 3.05) is 20.7 Å². The van der Waals surface area contributed by atoms with Crippen LogP contribution in [0.4, 0.5) is 0 Å². The quantitative estimate of drug-likeness (QED) is 0.667. The Morgan fingerprint density at radius 1 is 1.46 bits per heavy atom. The molecular formula is C17H18N4O2S. The van der Waals surface area contributed by atoms with Crippen LogP contribution in [0.1, 0.15) is 23.0 Å². The summed E-state index contributed by atoms with van der Waals surface area (Å²) in [5, 5.41) is 6.63. The number of aromatic nitrogens is 3. The summed E-state index contributed by atoms with van der Waals surface area (Å²) in [6.07, 6.45) is 5.25. The molecule has 6 nitrogen and oxygen atoms in total. The molecule has 0 radical (unpaired) electrons. The lowest BCUT2D eigenvalue weighted by Gasteiger charge is -2.09. The third-order valence-electron chi connectivity index (χ3n) is 3.32. The maximum absolute atomic E-state index is 12.2. The van der Waals surface area contributed by atoms with Crippen molar-refractivity contribution < 1.29 is 9.53 Å². The van der Waals surface area contributed by atoms with Gasteiger partial charge >= 0.3 is 5.97 Å². The summed E-state index contributed by atoms with van der Waals surface area (Å²) in [4.78, 5) is 19.6. The first-order valence-electron chi connectivity index (χ1n) is 7.54. The van der Waals surface area contributed by atoms with Crippen LogP contribution in [0.15, 0.2) is 36.0 Å². The van der Waals surface area contributed by atoms with Gasteiger partial charge in [-0.2, -0.15) is 5.10 Å². The van der Waals surface area contributed by atoms with Crippen LogP contribution >= 0.6 is 11.3 Å². The van der Waals surface area contributed by atoms with Gasteiger partial charge in [-0.3, -0.25) is 0 Å². The number of hydrogen-bond donors (Lipinski definition) is 0. The molecule has 0 aromatic carbocycles. The maximum atomic E-state index is 12.2. The Hall–Kier alpha value is -2.67. The summed E-state index contributed by atoms with van der Waals surface area (Å²) in [5.41, 5.74) is 2.56. The van der Waals surface area contributed by atoms with E-state index in [9.17, 15) is 4.79 Å². The van der Waals surface area contributed by atoms with Gasteiger partial charge < -0.3 is 9.64 Å². The van der Waals surface area contributed by atoms with Crippen molar-refractivity contribution in [1.82, 2.24) is 19.5 Å². The largest absolute Gasteiger partial charge is 0.462 e. The second kappa shape index (κ2) is 6.84. The first-order valence-corrected chi connectivity index (χ1v) is 8.42. The first kappa shape index (κ1) is 16.2. The molecule has 3 aromatic rings. The highest BCUT2D eigenvalue weighted by atomic mass is 32.1. The number of carbonyl (C=O) groups excluding carboxylic acids is 1. The lowest BCUT2D eigenvalue weighted by molar-refractivity contribution is 0.0525. The number of esters is 1. The van der Waals surface area contributed by atoms with Crippen LogP contribution in [0.25, 0.3) is 22.3 Å². The van der Waals surface area contributed by atoms with E-state index in [4.69, 9.17) is 4.74 Å². The molecule has 0 saturated heterocycles. The average Bonchev–Trinajstić information content (AvgIpc) is 3.21. The molecule has 0 unspecified atom stereocenters. The van der Waals surface area contributed by atoms with E-state index in [0.29, 0.717) is 23.5 Å². The summed E-state index contributed by atoms with van der Waals surface area (Å²) >= 11 is 1.61. The van der Waals surface area contributed by atoms with Crippen molar-refractivity contribution in [3.63, 3.8) is 0 Å². The van der Waals surface area contributed by atoms with Gasteiger partial charge in [0.05, 0.1) is 17.2 Å². The Labute approximate surface area is 144 Å². The second-order valence-electron chi connectivity index (χ2n) is 5.33. The summed E-state index contributed by atoms with van der Waals surface area (Å²) < 4.78 is 6.82. The molecule has 7 heteroatoms. The Balaban J connectivity index is 2.17. The maximum Gasteiger partial charge on any atom is 0.341 e. The fourth-order valence-corrected chi connectivity index (χ4v) is 2.92. The summed E-state index contributed by atoms with van der Waals surface area (Å²) in [6, 6.07) is 5.90. The van der Waals surface area contributed by atoms with Crippen LogP contribution in [0.2, 0.25) is 0 Å². The number of hydrogen-bond acceptors (Lipinski definition) is 6. The molecule has 3 heterocycles. The van der Waals surface area contributed by atoms with Crippen molar-refractivity contribution in [3.05, 3.63) is 47.2 Å². The first-order chi connectivity index (χ1) is 11.6. The summed E-state index contributed by atoms with van der Waals surface area (Å²) in [7, 11) is 3.83. The normalized spacial score (nSPS) is 11.3. The number of thiophene rings is 1. The molecule has 3 aromatic heterocycles. The predicted octanol–water partition coefficient (Wildman–Crippen LogP) is 3.17. The number of ether oxygens (including phenoxy) is 1. The smallest absolute Gasteiger partial charge is 0.341 e. The minimum absolute atomic E-state index is 0.313. The van der Waals surface area contributed by atoms with Crippen LogP contribution in [0.3, 0.4) is 0 Å². The molecule has 0 aliphatic rings. The summed E-state index contributed by atoms with van der Waals surface area (Å²) in [6.45, 7) is 2.09. The topological polar surface area (TPSA) is 59.7 Å². The van der Waals surface area contributed by atoms with Crippen LogP contribution < -0.4 is 0 Å². The monoisotopic (exact) mass is 342 g/mol. The van der Waals surface area contributed by atoms with E-state index < -0.39 is 5.97 Å². The molecule has 0 saturated carbocycles. The van der Waals surface area contributed by atoms with Crippen molar-refractivity contribution in [2.45, 2.75) is 6.92 Å². The Morgan fingerprint density at radius 3 is 2.96 bits per heavy atom. The van der Waals surface area contributed by atoms with E-state index in [0.717, 1.165) is 10.6 Å². The SMILES string of the molecule is CCOC(=O)c1cnc2cc(-c3cccs3)nn2c1/C=C/N(C)C. The molecule has 0 fully saturated rings. The highest BCUT2D eigenvalue weighted by Gasteiger charge is 2.17. The van der Waals surface area contributed by atoms with Gasteiger partial charge in [0.15, 0.2) is 5.65 Å². The zero-order chi connectivity index (χ0) is 17.1. The fourth-order valence-electron chi connectivity index (χ4n) is 2.24. The van der Waals surface area contributed by atoms with Crippen LogP contribution in [-0.4, -0.2) is 46.2 Å². The lowest BCUT2D eigenvalue weighted by Crippen LogP contribution is -2.12. The fraction of sp³-hybridized carbons (Fsp3) is 0.235. The lowest BCUT2D eigenvalue weighted by atomic mass is 10.2. The minimum Gasteiger partial charge on any atom is -0.462 e. The molecule has 3 rings (SSSR count). The minimum atomic E-state index is -0.404. The third-order valence-corrected chi connectivity index (χ3v) is 4.21. The van der Waals surface area contributed by atoms with Crippen molar-refractivity contribution in [1.29, 1.82) is 0 Å². The molecule has 0 amide bonds. The zero-order valence-corrected chi connectivity index (χ0v) is 14.6. The van der Waals surface area contributed by atoms with Gasteiger partial charge in [-0.25, -0.2) is 14.3 Å². The van der Waals surface area contributed by atoms with Crippen LogP contribution in [0.5, 0.6) is 0 Å². The van der Waals surface area contributed by atoms with Crippen molar-refractivity contribution in [2.24, 2.45) is 0 Å². The number of fused-ring (bicyclic) bond motifs is 1. The second-order valence-corrected chi connectivity index (χ2v) is 6.28. The third kappa shape index (κ3) is 3.16. The predicted molar refractivity (Wildman–Crippen MR) is 95.0 cm³/mol. The highest BCUT2D eigenvalue weighted by Crippen LogP contribution is 2.25. The molecular weight excluding hydrogens is 324 g/mol. The van der Waals surface area contributed by atoms with Crippen molar-refractivity contribution >= 4 is 29.0 Å². The molecule has 0 bridgehead atoms. The molecule has 124 valence electrons. The summed E-state index contributed by atoms with van der Waals surface area (Å²) in [5.74, 6) is -0.404. The Kier molecular flexibility index (Phi) is 4.61. The molecule has 0 aliphatic heterocycles. The Morgan fingerprint density at radius 2 is 2.29 bits per heavy atom.